The Labute approximate surface area is 101 Å². The summed E-state index contributed by atoms with van der Waals surface area (Å²) in [6.45, 7) is 8.31. The maximum absolute atomic E-state index is 12.0. The number of benzene rings is 1. The third-order valence-electron chi connectivity index (χ3n) is 3.04. The molecule has 0 amide bonds. The summed E-state index contributed by atoms with van der Waals surface area (Å²) in [5, 5.41) is 1.06. The van der Waals surface area contributed by atoms with Gasteiger partial charge >= 0.3 is 5.63 Å². The molecule has 0 bridgehead atoms. The Morgan fingerprint density at radius 2 is 1.53 bits per heavy atom. The van der Waals surface area contributed by atoms with Crippen LogP contribution < -0.4 is 5.63 Å². The molecule has 0 N–H and O–H groups in total. The van der Waals surface area contributed by atoms with E-state index < -0.39 is 0 Å². The van der Waals surface area contributed by atoms with E-state index in [9.17, 15) is 4.79 Å². The highest BCUT2D eigenvalue weighted by Gasteiger charge is 2.18. The molecule has 0 fully saturated rings. The highest BCUT2D eigenvalue weighted by molar-refractivity contribution is 5.81. The van der Waals surface area contributed by atoms with Gasteiger partial charge in [0.1, 0.15) is 5.58 Å². The normalized spacial score (nSPS) is 11.6. The number of para-hydroxylation sites is 1. The van der Waals surface area contributed by atoms with E-state index in [4.69, 9.17) is 4.42 Å². The monoisotopic (exact) mass is 230 g/mol. The van der Waals surface area contributed by atoms with E-state index in [0.717, 1.165) is 16.5 Å². The molecule has 1 aromatic carbocycles. The molecule has 0 aliphatic heterocycles. The Balaban J connectivity index is 2.94. The summed E-state index contributed by atoms with van der Waals surface area (Å²) in [7, 11) is 0. The predicted octanol–water partition coefficient (Wildman–Crippen LogP) is 4.04. The van der Waals surface area contributed by atoms with Crippen LogP contribution in [-0.4, -0.2) is 0 Å². The van der Waals surface area contributed by atoms with Gasteiger partial charge in [0.25, 0.3) is 0 Å². The van der Waals surface area contributed by atoms with Crippen molar-refractivity contribution in [3.8, 4) is 0 Å². The van der Waals surface area contributed by atoms with Crippen molar-refractivity contribution in [1.29, 1.82) is 0 Å². The molecule has 2 aromatic rings. The second kappa shape index (κ2) is 4.36. The van der Waals surface area contributed by atoms with Crippen molar-refractivity contribution in [1.82, 2.24) is 0 Å². The van der Waals surface area contributed by atoms with Gasteiger partial charge in [0.2, 0.25) is 0 Å². The van der Waals surface area contributed by atoms with Crippen molar-refractivity contribution in [2.45, 2.75) is 39.5 Å². The van der Waals surface area contributed by atoms with E-state index in [1.54, 1.807) is 0 Å². The molecule has 2 nitrogen and oxygen atoms in total. The van der Waals surface area contributed by atoms with E-state index in [-0.39, 0.29) is 11.5 Å². The van der Waals surface area contributed by atoms with Crippen molar-refractivity contribution < 1.29 is 4.42 Å². The Bertz CT molecular complexity index is 591. The lowest BCUT2D eigenvalue weighted by molar-refractivity contribution is 0.538. The maximum Gasteiger partial charge on any atom is 0.340 e. The molecule has 17 heavy (non-hydrogen) atoms. The molecule has 0 saturated carbocycles. The Morgan fingerprint density at radius 3 is 2.12 bits per heavy atom. The first-order valence-electron chi connectivity index (χ1n) is 6.08. The van der Waals surface area contributed by atoms with Crippen LogP contribution in [-0.2, 0) is 0 Å². The third-order valence-corrected chi connectivity index (χ3v) is 3.04. The topological polar surface area (TPSA) is 30.2 Å². The van der Waals surface area contributed by atoms with Gasteiger partial charge < -0.3 is 4.42 Å². The number of fused-ring (bicyclic) bond motifs is 1. The van der Waals surface area contributed by atoms with E-state index in [2.05, 4.69) is 13.8 Å². The number of hydrogen-bond acceptors (Lipinski definition) is 2. The van der Waals surface area contributed by atoms with Gasteiger partial charge in [-0.1, -0.05) is 45.9 Å². The standard InChI is InChI=1S/C15H18O2/c1-9(2)13-11-7-5-6-8-12(11)17-15(16)14(13)10(3)4/h5-10H,1-4H3. The van der Waals surface area contributed by atoms with E-state index in [0.29, 0.717) is 11.5 Å². The Kier molecular flexibility index (Phi) is 3.05. The van der Waals surface area contributed by atoms with Gasteiger partial charge in [0.15, 0.2) is 0 Å². The first kappa shape index (κ1) is 11.9. The second-order valence-electron chi connectivity index (χ2n) is 5.02. The minimum atomic E-state index is -0.192. The largest absolute Gasteiger partial charge is 0.423 e. The molecule has 2 heteroatoms. The van der Waals surface area contributed by atoms with Crippen LogP contribution in [0.4, 0.5) is 0 Å². The molecule has 0 aliphatic rings. The molecular weight excluding hydrogens is 212 g/mol. The average Bonchev–Trinajstić information content (AvgIpc) is 2.26. The first-order chi connectivity index (χ1) is 8.02. The molecule has 2 rings (SSSR count). The average molecular weight is 230 g/mol. The fourth-order valence-corrected chi connectivity index (χ4v) is 2.36. The summed E-state index contributed by atoms with van der Waals surface area (Å²) >= 11 is 0. The molecule has 0 aliphatic carbocycles. The number of rotatable bonds is 2. The van der Waals surface area contributed by atoms with E-state index in [1.165, 1.54) is 0 Å². The zero-order valence-corrected chi connectivity index (χ0v) is 10.8. The molecule has 1 aromatic heterocycles. The SMILES string of the molecule is CC(C)c1c(C(C)C)c2ccccc2oc1=O. The molecular formula is C15H18O2. The predicted molar refractivity (Wildman–Crippen MR) is 70.7 cm³/mol. The molecule has 0 unspecified atom stereocenters. The highest BCUT2D eigenvalue weighted by Crippen LogP contribution is 2.30. The summed E-state index contributed by atoms with van der Waals surface area (Å²) < 4.78 is 5.39. The van der Waals surface area contributed by atoms with Gasteiger partial charge in [0.05, 0.1) is 0 Å². The van der Waals surface area contributed by atoms with Gasteiger partial charge in [-0.2, -0.15) is 0 Å². The quantitative estimate of drug-likeness (QED) is 0.729. The lowest BCUT2D eigenvalue weighted by atomic mass is 9.89. The van der Waals surface area contributed by atoms with Gasteiger partial charge in [-0.05, 0) is 23.5 Å². The van der Waals surface area contributed by atoms with Crippen molar-refractivity contribution in [2.75, 3.05) is 0 Å². The maximum atomic E-state index is 12.0. The summed E-state index contributed by atoms with van der Waals surface area (Å²) in [4.78, 5) is 12.0. The fraction of sp³-hybridized carbons (Fsp3) is 0.400. The van der Waals surface area contributed by atoms with Gasteiger partial charge in [-0.25, -0.2) is 4.79 Å². The van der Waals surface area contributed by atoms with Gasteiger partial charge in [0, 0.05) is 10.9 Å². The lowest BCUT2D eigenvalue weighted by Gasteiger charge is -2.16. The molecule has 1 heterocycles. The van der Waals surface area contributed by atoms with Gasteiger partial charge in [-0.15, -0.1) is 0 Å². The lowest BCUT2D eigenvalue weighted by Crippen LogP contribution is -2.14. The van der Waals surface area contributed by atoms with Crippen LogP contribution in [0.5, 0.6) is 0 Å². The summed E-state index contributed by atoms with van der Waals surface area (Å²) in [6.07, 6.45) is 0. The van der Waals surface area contributed by atoms with Crippen LogP contribution in [0.1, 0.15) is 50.7 Å². The smallest absolute Gasteiger partial charge is 0.340 e. The van der Waals surface area contributed by atoms with Crippen molar-refractivity contribution >= 4 is 11.0 Å². The van der Waals surface area contributed by atoms with Crippen LogP contribution in [0.2, 0.25) is 0 Å². The molecule has 0 radical (unpaired) electrons. The van der Waals surface area contributed by atoms with Crippen LogP contribution in [0.25, 0.3) is 11.0 Å². The fourth-order valence-electron chi connectivity index (χ4n) is 2.36. The minimum absolute atomic E-state index is 0.188. The summed E-state index contributed by atoms with van der Waals surface area (Å²) in [5.41, 5.74) is 2.44. The van der Waals surface area contributed by atoms with Crippen molar-refractivity contribution in [3.05, 3.63) is 45.8 Å². The molecule has 0 atom stereocenters. The molecule has 90 valence electrons. The van der Waals surface area contributed by atoms with Crippen LogP contribution >= 0.6 is 0 Å². The molecule has 0 saturated heterocycles. The highest BCUT2D eigenvalue weighted by atomic mass is 16.4. The van der Waals surface area contributed by atoms with Crippen LogP contribution in [0, 0.1) is 0 Å². The summed E-state index contributed by atoms with van der Waals surface area (Å²) in [6, 6.07) is 7.76. The van der Waals surface area contributed by atoms with Crippen LogP contribution in [0.15, 0.2) is 33.5 Å². The Morgan fingerprint density at radius 1 is 0.941 bits per heavy atom. The minimum Gasteiger partial charge on any atom is -0.423 e. The number of hydrogen-bond donors (Lipinski definition) is 0. The second-order valence-corrected chi connectivity index (χ2v) is 5.02. The zero-order valence-electron chi connectivity index (χ0n) is 10.8. The van der Waals surface area contributed by atoms with E-state index >= 15 is 0 Å². The van der Waals surface area contributed by atoms with Crippen molar-refractivity contribution in [2.24, 2.45) is 0 Å². The first-order valence-corrected chi connectivity index (χ1v) is 6.08. The summed E-state index contributed by atoms with van der Waals surface area (Å²) in [5.74, 6) is 0.509. The van der Waals surface area contributed by atoms with Crippen molar-refractivity contribution in [3.63, 3.8) is 0 Å². The van der Waals surface area contributed by atoms with Crippen LogP contribution in [0.3, 0.4) is 0 Å². The van der Waals surface area contributed by atoms with E-state index in [1.807, 2.05) is 38.1 Å². The van der Waals surface area contributed by atoms with Gasteiger partial charge in [-0.3, -0.25) is 0 Å². The Hall–Kier alpha value is -1.57. The third kappa shape index (κ3) is 1.99. The zero-order chi connectivity index (χ0) is 12.6. The molecule has 0 spiro atoms.